The van der Waals surface area contributed by atoms with E-state index in [0.717, 1.165) is 11.1 Å². The van der Waals surface area contributed by atoms with E-state index in [9.17, 15) is 9.59 Å². The summed E-state index contributed by atoms with van der Waals surface area (Å²) in [6.45, 7) is 2.28. The van der Waals surface area contributed by atoms with Crippen molar-refractivity contribution in [2.24, 2.45) is 0 Å². The van der Waals surface area contributed by atoms with Gasteiger partial charge in [-0.15, -0.1) is 10.2 Å². The van der Waals surface area contributed by atoms with E-state index in [-0.39, 0.29) is 23.7 Å². The molecule has 3 aromatic carbocycles. The van der Waals surface area contributed by atoms with Gasteiger partial charge in [-0.3, -0.25) is 18.6 Å². The van der Waals surface area contributed by atoms with Crippen LogP contribution in [0.1, 0.15) is 18.3 Å². The first kappa shape index (κ1) is 21.4. The summed E-state index contributed by atoms with van der Waals surface area (Å²) in [7, 11) is 0. The van der Waals surface area contributed by atoms with Gasteiger partial charge in [-0.25, -0.2) is 0 Å². The minimum atomic E-state index is -0.356. The molecule has 5 rings (SSSR count). The van der Waals surface area contributed by atoms with Gasteiger partial charge in [0.1, 0.15) is 24.7 Å². The molecule has 0 radical (unpaired) electrons. The highest BCUT2D eigenvalue weighted by molar-refractivity contribution is 5.91. The van der Waals surface area contributed by atoms with E-state index in [1.807, 2.05) is 61.5 Å². The van der Waals surface area contributed by atoms with Crippen LogP contribution in [0, 0.1) is 0 Å². The Kier molecular flexibility index (Phi) is 5.78. The third-order valence-electron chi connectivity index (χ3n) is 5.58. The van der Waals surface area contributed by atoms with Crippen LogP contribution in [0.5, 0.6) is 5.75 Å². The van der Waals surface area contributed by atoms with Crippen molar-refractivity contribution >= 4 is 28.3 Å². The number of hydrogen-bond donors (Lipinski definition) is 1. The quantitative estimate of drug-likeness (QED) is 0.405. The second kappa shape index (κ2) is 9.19. The van der Waals surface area contributed by atoms with Crippen LogP contribution in [0.4, 0.5) is 5.69 Å². The molecule has 2 heterocycles. The Morgan fingerprint density at radius 1 is 0.912 bits per heavy atom. The van der Waals surface area contributed by atoms with Crippen molar-refractivity contribution in [3.05, 3.63) is 101 Å². The average Bonchev–Trinajstić information content (AvgIpc) is 3.31. The molecule has 34 heavy (non-hydrogen) atoms. The highest BCUT2D eigenvalue weighted by Gasteiger charge is 2.17. The lowest BCUT2D eigenvalue weighted by molar-refractivity contribution is -0.116. The van der Waals surface area contributed by atoms with Gasteiger partial charge in [0.15, 0.2) is 0 Å². The average molecular weight is 454 g/mol. The summed E-state index contributed by atoms with van der Waals surface area (Å²) >= 11 is 0. The van der Waals surface area contributed by atoms with Gasteiger partial charge in [0, 0.05) is 12.1 Å². The number of fused-ring (bicyclic) bond motifs is 3. The Morgan fingerprint density at radius 2 is 1.62 bits per heavy atom. The number of hydrogen-bond acceptors (Lipinski definition) is 5. The fourth-order valence-electron chi connectivity index (χ4n) is 3.93. The van der Waals surface area contributed by atoms with Crippen LogP contribution in [-0.2, 0) is 24.4 Å². The second-order valence-electron chi connectivity index (χ2n) is 7.86. The normalized spacial score (nSPS) is 11.1. The summed E-state index contributed by atoms with van der Waals surface area (Å²) in [5.74, 6) is 1.09. The molecule has 0 aliphatic rings. The lowest BCUT2D eigenvalue weighted by atomic mass is 10.2. The number of aryl methyl sites for hydroxylation is 1. The van der Waals surface area contributed by atoms with Crippen LogP contribution in [0.3, 0.4) is 0 Å². The zero-order valence-electron chi connectivity index (χ0n) is 18.6. The second-order valence-corrected chi connectivity index (χ2v) is 7.86. The van der Waals surface area contributed by atoms with E-state index in [1.165, 1.54) is 4.57 Å². The van der Waals surface area contributed by atoms with E-state index in [1.54, 1.807) is 28.7 Å². The van der Waals surface area contributed by atoms with Gasteiger partial charge in [0.05, 0.1) is 11.0 Å². The van der Waals surface area contributed by atoms with Gasteiger partial charge < -0.3 is 10.1 Å². The van der Waals surface area contributed by atoms with Crippen LogP contribution < -0.4 is 15.6 Å². The summed E-state index contributed by atoms with van der Waals surface area (Å²) in [6.07, 6.45) is 0.639. The van der Waals surface area contributed by atoms with Gasteiger partial charge in [-0.05, 0) is 42.0 Å². The molecule has 1 N–H and O–H groups in total. The molecule has 2 aromatic heterocycles. The van der Waals surface area contributed by atoms with Crippen molar-refractivity contribution in [2.45, 2.75) is 26.5 Å². The molecule has 1 amide bonds. The van der Waals surface area contributed by atoms with E-state index in [4.69, 9.17) is 4.74 Å². The number of nitrogens with one attached hydrogen (secondary N) is 1. The standard InChI is InChI=1S/C26H23N5O3/c1-2-23-28-29-25-26(33)30(21-10-6-7-11-22(21)31(23)25)16-24(32)27-19-12-14-20(15-13-19)34-17-18-8-4-3-5-9-18/h3-15H,2,16-17H2,1H3,(H,27,32). The Bertz CT molecular complexity index is 1520. The third-order valence-corrected chi connectivity index (χ3v) is 5.58. The Balaban J connectivity index is 1.34. The minimum absolute atomic E-state index is 0.142. The van der Waals surface area contributed by atoms with Crippen LogP contribution in [0.25, 0.3) is 16.7 Å². The smallest absolute Gasteiger partial charge is 0.297 e. The topological polar surface area (TPSA) is 90.5 Å². The SMILES string of the molecule is CCc1nnc2c(=O)n(CC(=O)Nc3ccc(OCc4ccccc4)cc3)c3ccccc3n12. The van der Waals surface area contributed by atoms with Crippen molar-refractivity contribution in [1.29, 1.82) is 0 Å². The van der Waals surface area contributed by atoms with E-state index in [2.05, 4.69) is 15.5 Å². The van der Waals surface area contributed by atoms with Gasteiger partial charge >= 0.3 is 0 Å². The number of ether oxygens (including phenoxy) is 1. The number of anilines is 1. The first-order chi connectivity index (χ1) is 16.6. The third kappa shape index (κ3) is 4.13. The maximum Gasteiger partial charge on any atom is 0.297 e. The van der Waals surface area contributed by atoms with Crippen molar-refractivity contribution in [1.82, 2.24) is 19.2 Å². The van der Waals surface area contributed by atoms with Crippen molar-refractivity contribution in [3.8, 4) is 5.75 Å². The molecule has 0 bridgehead atoms. The van der Waals surface area contributed by atoms with E-state index in [0.29, 0.717) is 35.8 Å². The monoisotopic (exact) mass is 453 g/mol. The molecule has 0 atom stereocenters. The summed E-state index contributed by atoms with van der Waals surface area (Å²) < 4.78 is 8.99. The van der Waals surface area contributed by atoms with Crippen LogP contribution in [0.15, 0.2) is 83.7 Å². The molecule has 5 aromatic rings. The molecule has 0 aliphatic heterocycles. The zero-order valence-corrected chi connectivity index (χ0v) is 18.6. The molecule has 0 saturated heterocycles. The van der Waals surface area contributed by atoms with Crippen molar-refractivity contribution in [3.63, 3.8) is 0 Å². The molecule has 8 nitrogen and oxygen atoms in total. The minimum Gasteiger partial charge on any atom is -0.489 e. The zero-order chi connectivity index (χ0) is 23.5. The van der Waals surface area contributed by atoms with Crippen LogP contribution >= 0.6 is 0 Å². The summed E-state index contributed by atoms with van der Waals surface area (Å²) in [6, 6.07) is 24.5. The molecular formula is C26H23N5O3. The number of amides is 1. The number of benzene rings is 3. The first-order valence-electron chi connectivity index (χ1n) is 11.1. The molecule has 0 fully saturated rings. The molecule has 8 heteroatoms. The van der Waals surface area contributed by atoms with Gasteiger partial charge in [0.2, 0.25) is 11.6 Å². The molecule has 0 unspecified atom stereocenters. The predicted octanol–water partition coefficient (Wildman–Crippen LogP) is 3.82. The van der Waals surface area contributed by atoms with Crippen molar-refractivity contribution in [2.75, 3.05) is 5.32 Å². The largest absolute Gasteiger partial charge is 0.489 e. The fourth-order valence-corrected chi connectivity index (χ4v) is 3.93. The van der Waals surface area contributed by atoms with Crippen LogP contribution in [0.2, 0.25) is 0 Å². The van der Waals surface area contributed by atoms with Crippen LogP contribution in [-0.4, -0.2) is 25.1 Å². The number of rotatable bonds is 7. The van der Waals surface area contributed by atoms with E-state index >= 15 is 0 Å². The highest BCUT2D eigenvalue weighted by Crippen LogP contribution is 2.18. The predicted molar refractivity (Wildman–Crippen MR) is 130 cm³/mol. The summed E-state index contributed by atoms with van der Waals surface area (Å²) in [5, 5.41) is 11.1. The fraction of sp³-hybridized carbons (Fsp3) is 0.154. The Morgan fingerprint density at radius 3 is 2.35 bits per heavy atom. The first-order valence-corrected chi connectivity index (χ1v) is 11.1. The maximum atomic E-state index is 13.1. The lowest BCUT2D eigenvalue weighted by Gasteiger charge is -2.13. The Labute approximate surface area is 195 Å². The maximum absolute atomic E-state index is 13.1. The number of para-hydroxylation sites is 2. The van der Waals surface area contributed by atoms with Crippen molar-refractivity contribution < 1.29 is 9.53 Å². The summed E-state index contributed by atoms with van der Waals surface area (Å²) in [5.41, 5.74) is 2.98. The molecule has 0 spiro atoms. The highest BCUT2D eigenvalue weighted by atomic mass is 16.5. The number of nitrogens with zero attached hydrogens (tertiary/aromatic N) is 4. The van der Waals surface area contributed by atoms with Gasteiger partial charge in [0.25, 0.3) is 5.56 Å². The lowest BCUT2D eigenvalue weighted by Crippen LogP contribution is -2.29. The molecule has 0 saturated carbocycles. The number of aromatic nitrogens is 4. The Hall–Kier alpha value is -4.46. The molecule has 0 aliphatic carbocycles. The summed E-state index contributed by atoms with van der Waals surface area (Å²) in [4.78, 5) is 26.0. The number of carbonyl (C=O) groups is 1. The van der Waals surface area contributed by atoms with Gasteiger partial charge in [-0.2, -0.15) is 0 Å². The van der Waals surface area contributed by atoms with Gasteiger partial charge in [-0.1, -0.05) is 49.4 Å². The van der Waals surface area contributed by atoms with E-state index < -0.39 is 0 Å². The molecule has 170 valence electrons. The number of carbonyl (C=O) groups excluding carboxylic acids is 1. The molecular weight excluding hydrogens is 430 g/mol.